The fraction of sp³-hybridized carbons (Fsp3) is 0.769. The quantitative estimate of drug-likeness (QED) is 0.547. The van der Waals surface area contributed by atoms with Crippen molar-refractivity contribution in [3.8, 4) is 0 Å². The third-order valence-electron chi connectivity index (χ3n) is 3.35. The summed E-state index contributed by atoms with van der Waals surface area (Å²) in [6, 6.07) is 0. The Labute approximate surface area is 113 Å². The van der Waals surface area contributed by atoms with Crippen molar-refractivity contribution in [2.45, 2.75) is 39.0 Å². The Morgan fingerprint density at radius 3 is 2.42 bits per heavy atom. The topological polar surface area (TPSA) is 86.7 Å². The molecule has 0 aromatic carbocycles. The molecule has 0 bridgehead atoms. The second-order valence-electron chi connectivity index (χ2n) is 4.87. The molecule has 0 spiro atoms. The molecule has 1 fully saturated rings. The maximum Gasteiger partial charge on any atom is 0.312 e. The zero-order valence-corrected chi connectivity index (χ0v) is 11.4. The van der Waals surface area contributed by atoms with Crippen LogP contribution in [0.25, 0.3) is 0 Å². The maximum absolute atomic E-state index is 11.8. The van der Waals surface area contributed by atoms with Gasteiger partial charge in [0.2, 0.25) is 11.8 Å². The van der Waals surface area contributed by atoms with Gasteiger partial charge in [-0.25, -0.2) is 0 Å². The van der Waals surface area contributed by atoms with Gasteiger partial charge < -0.3 is 15.3 Å². The molecule has 0 aromatic rings. The molecule has 6 heteroatoms. The number of hydrogen-bond donors (Lipinski definition) is 2. The molecular formula is C13H22N2O4. The second-order valence-corrected chi connectivity index (χ2v) is 4.87. The van der Waals surface area contributed by atoms with Crippen LogP contribution in [0.5, 0.6) is 0 Å². The summed E-state index contributed by atoms with van der Waals surface area (Å²) in [5, 5.41) is 11.5. The summed E-state index contributed by atoms with van der Waals surface area (Å²) in [5.74, 6) is -1.47. The Balaban J connectivity index is 2.30. The SMILES string of the molecule is CCCCNC(=O)C1CCN(C(=O)CC(=O)O)CC1. The summed E-state index contributed by atoms with van der Waals surface area (Å²) in [7, 11) is 0. The smallest absolute Gasteiger partial charge is 0.312 e. The summed E-state index contributed by atoms with van der Waals surface area (Å²) >= 11 is 0. The van der Waals surface area contributed by atoms with E-state index in [1.165, 1.54) is 4.90 Å². The Kier molecular flexibility index (Phi) is 6.32. The molecule has 1 aliphatic heterocycles. The van der Waals surface area contributed by atoms with Crippen LogP contribution in [0.1, 0.15) is 39.0 Å². The van der Waals surface area contributed by atoms with Crippen LogP contribution in [-0.2, 0) is 14.4 Å². The van der Waals surface area contributed by atoms with Gasteiger partial charge in [-0.3, -0.25) is 14.4 Å². The number of carbonyl (C=O) groups is 3. The van der Waals surface area contributed by atoms with E-state index in [9.17, 15) is 14.4 Å². The number of piperidine rings is 1. The first-order valence-electron chi connectivity index (χ1n) is 6.81. The van der Waals surface area contributed by atoms with E-state index in [4.69, 9.17) is 5.11 Å². The van der Waals surface area contributed by atoms with Gasteiger partial charge in [0.1, 0.15) is 6.42 Å². The van der Waals surface area contributed by atoms with Gasteiger partial charge in [-0.05, 0) is 19.3 Å². The number of carbonyl (C=O) groups excluding carboxylic acids is 2. The number of nitrogens with zero attached hydrogens (tertiary/aromatic N) is 1. The molecule has 1 heterocycles. The highest BCUT2D eigenvalue weighted by molar-refractivity contribution is 5.93. The molecule has 0 radical (unpaired) electrons. The third kappa shape index (κ3) is 5.28. The molecule has 1 aliphatic rings. The standard InChI is InChI=1S/C13H22N2O4/c1-2-3-6-14-13(19)10-4-7-15(8-5-10)11(16)9-12(17)18/h10H,2-9H2,1H3,(H,14,19)(H,17,18). The van der Waals surface area contributed by atoms with Crippen molar-refractivity contribution in [3.05, 3.63) is 0 Å². The first kappa shape index (κ1) is 15.5. The summed E-state index contributed by atoms with van der Waals surface area (Å²) in [6.45, 7) is 3.71. The summed E-state index contributed by atoms with van der Waals surface area (Å²) in [5.41, 5.74) is 0. The minimum atomic E-state index is -1.11. The number of rotatable bonds is 6. The van der Waals surface area contributed by atoms with Crippen LogP contribution >= 0.6 is 0 Å². The van der Waals surface area contributed by atoms with Crippen molar-refractivity contribution in [2.24, 2.45) is 5.92 Å². The second kappa shape index (κ2) is 7.76. The molecule has 2 amide bonds. The highest BCUT2D eigenvalue weighted by Gasteiger charge is 2.27. The van der Waals surface area contributed by atoms with Crippen LogP contribution in [0.15, 0.2) is 0 Å². The third-order valence-corrected chi connectivity index (χ3v) is 3.35. The van der Waals surface area contributed by atoms with Crippen molar-refractivity contribution in [3.63, 3.8) is 0 Å². The maximum atomic E-state index is 11.8. The van der Waals surface area contributed by atoms with Gasteiger partial charge in [0.05, 0.1) is 0 Å². The highest BCUT2D eigenvalue weighted by Crippen LogP contribution is 2.18. The molecule has 1 saturated heterocycles. The highest BCUT2D eigenvalue weighted by atomic mass is 16.4. The molecule has 0 aromatic heterocycles. The minimum absolute atomic E-state index is 0.0502. The van der Waals surface area contributed by atoms with Crippen LogP contribution in [0.2, 0.25) is 0 Å². The largest absolute Gasteiger partial charge is 0.481 e. The van der Waals surface area contributed by atoms with Gasteiger partial charge in [-0.2, -0.15) is 0 Å². The number of amides is 2. The Bertz CT molecular complexity index is 336. The molecule has 0 aliphatic carbocycles. The van der Waals surface area contributed by atoms with Gasteiger partial charge in [-0.15, -0.1) is 0 Å². The lowest BCUT2D eigenvalue weighted by Crippen LogP contribution is -2.43. The van der Waals surface area contributed by atoms with E-state index in [0.29, 0.717) is 32.5 Å². The van der Waals surface area contributed by atoms with E-state index in [-0.39, 0.29) is 17.7 Å². The Morgan fingerprint density at radius 2 is 1.89 bits per heavy atom. The Hall–Kier alpha value is -1.59. The average molecular weight is 270 g/mol. The fourth-order valence-electron chi connectivity index (χ4n) is 2.16. The molecule has 0 saturated carbocycles. The van der Waals surface area contributed by atoms with E-state index in [1.54, 1.807) is 0 Å². The summed E-state index contributed by atoms with van der Waals surface area (Å²) in [6.07, 6.45) is 2.78. The van der Waals surface area contributed by atoms with Crippen molar-refractivity contribution < 1.29 is 19.5 Å². The zero-order valence-electron chi connectivity index (χ0n) is 11.4. The summed E-state index contributed by atoms with van der Waals surface area (Å²) < 4.78 is 0. The molecule has 1 rings (SSSR count). The van der Waals surface area contributed by atoms with E-state index in [1.807, 2.05) is 0 Å². The van der Waals surface area contributed by atoms with Crippen molar-refractivity contribution in [1.82, 2.24) is 10.2 Å². The fourth-order valence-corrected chi connectivity index (χ4v) is 2.16. The van der Waals surface area contributed by atoms with Crippen LogP contribution < -0.4 is 5.32 Å². The normalized spacial score (nSPS) is 16.2. The number of aliphatic carboxylic acids is 1. The van der Waals surface area contributed by atoms with Crippen LogP contribution in [0.3, 0.4) is 0 Å². The van der Waals surface area contributed by atoms with Gasteiger partial charge in [0.15, 0.2) is 0 Å². The molecule has 6 nitrogen and oxygen atoms in total. The van der Waals surface area contributed by atoms with Gasteiger partial charge in [0.25, 0.3) is 0 Å². The van der Waals surface area contributed by atoms with Crippen LogP contribution in [0, 0.1) is 5.92 Å². The molecule has 0 unspecified atom stereocenters. The van der Waals surface area contributed by atoms with E-state index >= 15 is 0 Å². The van der Waals surface area contributed by atoms with Crippen molar-refractivity contribution >= 4 is 17.8 Å². The predicted molar refractivity (Wildman–Crippen MR) is 69.5 cm³/mol. The van der Waals surface area contributed by atoms with Gasteiger partial charge in [-0.1, -0.05) is 13.3 Å². The first-order valence-corrected chi connectivity index (χ1v) is 6.81. The van der Waals surface area contributed by atoms with E-state index in [0.717, 1.165) is 12.8 Å². The number of hydrogen-bond acceptors (Lipinski definition) is 3. The number of carboxylic acid groups (broad SMARTS) is 1. The minimum Gasteiger partial charge on any atom is -0.481 e. The Morgan fingerprint density at radius 1 is 1.26 bits per heavy atom. The van der Waals surface area contributed by atoms with Crippen LogP contribution in [0.4, 0.5) is 0 Å². The van der Waals surface area contributed by atoms with Crippen LogP contribution in [-0.4, -0.2) is 47.4 Å². The summed E-state index contributed by atoms with van der Waals surface area (Å²) in [4.78, 5) is 35.4. The van der Waals surface area contributed by atoms with Gasteiger partial charge in [0, 0.05) is 25.6 Å². The average Bonchev–Trinajstić information content (AvgIpc) is 2.38. The number of likely N-dealkylation sites (tertiary alicyclic amines) is 1. The monoisotopic (exact) mass is 270 g/mol. The lowest BCUT2D eigenvalue weighted by atomic mass is 9.95. The number of nitrogens with one attached hydrogen (secondary N) is 1. The van der Waals surface area contributed by atoms with E-state index in [2.05, 4.69) is 12.2 Å². The number of carboxylic acids is 1. The zero-order chi connectivity index (χ0) is 14.3. The molecular weight excluding hydrogens is 248 g/mol. The first-order chi connectivity index (χ1) is 9.04. The molecule has 2 N–H and O–H groups in total. The van der Waals surface area contributed by atoms with Gasteiger partial charge >= 0.3 is 5.97 Å². The molecule has 108 valence electrons. The number of unbranched alkanes of at least 4 members (excludes halogenated alkanes) is 1. The lowest BCUT2D eigenvalue weighted by Gasteiger charge is -2.31. The molecule has 0 atom stereocenters. The van der Waals surface area contributed by atoms with Crippen molar-refractivity contribution in [2.75, 3.05) is 19.6 Å². The molecule has 19 heavy (non-hydrogen) atoms. The van der Waals surface area contributed by atoms with Crippen molar-refractivity contribution in [1.29, 1.82) is 0 Å². The predicted octanol–water partition coefficient (Wildman–Crippen LogP) is 0.616. The lowest BCUT2D eigenvalue weighted by molar-refractivity contribution is -0.145. The van der Waals surface area contributed by atoms with E-state index < -0.39 is 12.4 Å².